The second-order valence-electron chi connectivity index (χ2n) is 8.42. The van der Waals surface area contributed by atoms with Gasteiger partial charge in [-0.2, -0.15) is 0 Å². The van der Waals surface area contributed by atoms with Crippen LogP contribution in [0.1, 0.15) is 19.4 Å². The molecule has 0 saturated heterocycles. The molecule has 0 spiro atoms. The molecule has 2 aromatic rings. The van der Waals surface area contributed by atoms with Crippen LogP contribution in [-0.2, 0) is 38.7 Å². The standard InChI is InChI=1S/C27H34F2N4O8S/c1-3-40-27(35)20(2)16-21-17-24(28)26(25(29)18-21)41-22-4-6-23(7-5-22)42(36,19-34)32-9-11-38-13-15-39-14-12-37-10-8-31-33-30/h4-7,16-19,42H,3,8-15H2,1-2H3,(H,32,36)/b20-16+. The van der Waals surface area contributed by atoms with E-state index in [1.54, 1.807) is 6.92 Å². The highest BCUT2D eigenvalue weighted by atomic mass is 32.3. The molecule has 2 aromatic carbocycles. The lowest BCUT2D eigenvalue weighted by molar-refractivity contribution is -0.138. The van der Waals surface area contributed by atoms with Gasteiger partial charge in [0.15, 0.2) is 23.0 Å². The topological polar surface area (TPSA) is 158 Å². The number of ether oxygens (including phenoxy) is 5. The fourth-order valence-electron chi connectivity index (χ4n) is 3.33. The maximum absolute atomic E-state index is 14.6. The quantitative estimate of drug-likeness (QED) is 0.0330. The van der Waals surface area contributed by atoms with E-state index in [1.807, 2.05) is 0 Å². The van der Waals surface area contributed by atoms with Gasteiger partial charge < -0.3 is 23.7 Å². The van der Waals surface area contributed by atoms with Gasteiger partial charge in [0.05, 0.1) is 46.2 Å². The molecule has 1 N–H and O–H groups in total. The summed E-state index contributed by atoms with van der Waals surface area (Å²) in [6, 6.07) is 7.41. The molecule has 0 atom stereocenters. The molecule has 42 heavy (non-hydrogen) atoms. The zero-order valence-electron chi connectivity index (χ0n) is 23.3. The van der Waals surface area contributed by atoms with Crippen molar-refractivity contribution in [2.24, 2.45) is 5.11 Å². The number of halogens is 2. The molecule has 0 saturated carbocycles. The Kier molecular flexibility index (Phi) is 15.3. The monoisotopic (exact) mass is 612 g/mol. The van der Waals surface area contributed by atoms with Crippen molar-refractivity contribution in [2.45, 2.75) is 18.7 Å². The number of carbonyl (C=O) groups excluding carboxylic acids is 2. The minimum absolute atomic E-state index is 0.0457. The van der Waals surface area contributed by atoms with Crippen LogP contribution >= 0.6 is 0 Å². The van der Waals surface area contributed by atoms with Gasteiger partial charge in [-0.05, 0) is 67.4 Å². The highest BCUT2D eigenvalue weighted by molar-refractivity contribution is 8.13. The van der Waals surface area contributed by atoms with Gasteiger partial charge in [0.1, 0.15) is 5.75 Å². The minimum atomic E-state index is -3.63. The zero-order valence-corrected chi connectivity index (χ0v) is 24.2. The Morgan fingerprint density at radius 1 is 1.02 bits per heavy atom. The van der Waals surface area contributed by atoms with Crippen molar-refractivity contribution in [3.63, 3.8) is 0 Å². The number of azide groups is 1. The average Bonchev–Trinajstić information content (AvgIpc) is 2.97. The third-order valence-electron chi connectivity index (χ3n) is 5.33. The summed E-state index contributed by atoms with van der Waals surface area (Å²) in [5.74, 6) is -3.21. The van der Waals surface area contributed by atoms with Gasteiger partial charge in [0.25, 0.3) is 0 Å². The first-order valence-corrected chi connectivity index (χ1v) is 14.7. The Morgan fingerprint density at radius 3 is 2.19 bits per heavy atom. The van der Waals surface area contributed by atoms with E-state index in [4.69, 9.17) is 29.2 Å². The van der Waals surface area contributed by atoms with Crippen LogP contribution in [0.4, 0.5) is 8.78 Å². The Labute approximate surface area is 243 Å². The summed E-state index contributed by atoms with van der Waals surface area (Å²) in [6.07, 6.45) is 1.29. The largest absolute Gasteiger partial charge is 0.463 e. The Balaban J connectivity index is 1.84. The van der Waals surface area contributed by atoms with Crippen molar-refractivity contribution in [3.05, 3.63) is 69.6 Å². The fraction of sp³-hybridized carbons (Fsp3) is 0.407. The number of rotatable bonds is 20. The van der Waals surface area contributed by atoms with E-state index < -0.39 is 33.5 Å². The SMILES string of the molecule is CCOC(=O)/C(C)=C/c1cc(F)c(Oc2ccc([SH](=O)(C=O)NCCOCCOCCOCCN=[N+]=[N-])cc2)c(F)c1. The van der Waals surface area contributed by atoms with Gasteiger partial charge in [-0.3, -0.25) is 9.00 Å². The molecule has 230 valence electrons. The van der Waals surface area contributed by atoms with Crippen LogP contribution in [0.3, 0.4) is 0 Å². The van der Waals surface area contributed by atoms with Crippen molar-refractivity contribution in [3.8, 4) is 11.5 Å². The summed E-state index contributed by atoms with van der Waals surface area (Å²) in [4.78, 5) is 26.2. The van der Waals surface area contributed by atoms with Crippen LogP contribution in [0.15, 0.2) is 52.0 Å². The molecular weight excluding hydrogens is 578 g/mol. The Bertz CT molecular complexity index is 1280. The lowest BCUT2D eigenvalue weighted by atomic mass is 10.1. The first-order valence-electron chi connectivity index (χ1n) is 12.9. The molecule has 2 rings (SSSR count). The number of benzene rings is 2. The Hall–Kier alpha value is -3.72. The van der Waals surface area contributed by atoms with Gasteiger partial charge in [-0.15, -0.1) is 0 Å². The second-order valence-corrected chi connectivity index (χ2v) is 10.8. The molecule has 0 unspecified atom stereocenters. The van der Waals surface area contributed by atoms with E-state index in [0.29, 0.717) is 32.0 Å². The van der Waals surface area contributed by atoms with Gasteiger partial charge in [0, 0.05) is 38.6 Å². The van der Waals surface area contributed by atoms with E-state index in [9.17, 15) is 22.6 Å². The predicted molar refractivity (Wildman–Crippen MR) is 152 cm³/mol. The molecule has 0 heterocycles. The normalized spacial score (nSPS) is 12.0. The van der Waals surface area contributed by atoms with Gasteiger partial charge in [0.2, 0.25) is 0 Å². The van der Waals surface area contributed by atoms with E-state index in [-0.39, 0.29) is 54.7 Å². The van der Waals surface area contributed by atoms with Crippen LogP contribution in [-0.4, -0.2) is 75.1 Å². The zero-order chi connectivity index (χ0) is 30.8. The fourth-order valence-corrected chi connectivity index (χ4v) is 4.73. The smallest absolute Gasteiger partial charge is 0.333 e. The first-order chi connectivity index (χ1) is 20.2. The number of hydrogen-bond acceptors (Lipinski definition) is 9. The van der Waals surface area contributed by atoms with Crippen molar-refractivity contribution in [1.82, 2.24) is 4.72 Å². The maximum Gasteiger partial charge on any atom is 0.333 e. The van der Waals surface area contributed by atoms with Gasteiger partial charge >= 0.3 is 5.97 Å². The second kappa shape index (κ2) is 18.7. The molecule has 0 aliphatic rings. The summed E-state index contributed by atoms with van der Waals surface area (Å²) < 4.78 is 71.1. The van der Waals surface area contributed by atoms with Crippen LogP contribution in [0.2, 0.25) is 0 Å². The molecule has 15 heteroatoms. The third kappa shape index (κ3) is 11.6. The molecule has 0 fully saturated rings. The Morgan fingerprint density at radius 2 is 1.62 bits per heavy atom. The third-order valence-corrected chi connectivity index (χ3v) is 7.38. The molecule has 0 aliphatic carbocycles. The van der Waals surface area contributed by atoms with E-state index in [1.165, 1.54) is 37.3 Å². The molecule has 0 aromatic heterocycles. The summed E-state index contributed by atoms with van der Waals surface area (Å²) in [6.45, 7) is 5.39. The lowest BCUT2D eigenvalue weighted by Crippen LogP contribution is -2.35. The number of esters is 1. The van der Waals surface area contributed by atoms with Crippen LogP contribution in [0.5, 0.6) is 11.5 Å². The van der Waals surface area contributed by atoms with Gasteiger partial charge in [-0.25, -0.2) is 18.3 Å². The number of hydrogen-bond donors (Lipinski definition) is 2. The summed E-state index contributed by atoms with van der Waals surface area (Å²) in [7, 11) is -3.63. The average molecular weight is 613 g/mol. The predicted octanol–water partition coefficient (Wildman–Crippen LogP) is 4.15. The molecule has 12 nitrogen and oxygen atoms in total. The highest BCUT2D eigenvalue weighted by Gasteiger charge is 2.18. The lowest BCUT2D eigenvalue weighted by Gasteiger charge is -2.20. The van der Waals surface area contributed by atoms with E-state index in [0.717, 1.165) is 12.1 Å². The summed E-state index contributed by atoms with van der Waals surface area (Å²) in [5.41, 5.74) is 8.75. The number of nitrogens with one attached hydrogen (secondary N) is 1. The van der Waals surface area contributed by atoms with Crippen LogP contribution < -0.4 is 9.46 Å². The minimum Gasteiger partial charge on any atom is -0.463 e. The number of carbonyl (C=O) groups is 2. The summed E-state index contributed by atoms with van der Waals surface area (Å²) >= 11 is 0. The highest BCUT2D eigenvalue weighted by Crippen LogP contribution is 2.30. The van der Waals surface area contributed by atoms with Crippen molar-refractivity contribution in [1.29, 1.82) is 0 Å². The van der Waals surface area contributed by atoms with E-state index in [2.05, 4.69) is 14.7 Å². The number of thiol groups is 1. The molecule has 0 amide bonds. The van der Waals surface area contributed by atoms with Crippen molar-refractivity contribution >= 4 is 27.8 Å². The van der Waals surface area contributed by atoms with Crippen LogP contribution in [0, 0.1) is 11.6 Å². The van der Waals surface area contributed by atoms with Crippen LogP contribution in [0.25, 0.3) is 16.5 Å². The molecule has 0 aliphatic heterocycles. The maximum atomic E-state index is 14.6. The van der Waals surface area contributed by atoms with Crippen molar-refractivity contribution < 1.29 is 46.3 Å². The first kappa shape index (κ1) is 34.5. The number of nitrogens with zero attached hydrogens (tertiary/aromatic N) is 3. The van der Waals surface area contributed by atoms with Gasteiger partial charge in [-0.1, -0.05) is 5.11 Å². The molecule has 0 radical (unpaired) electrons. The summed E-state index contributed by atoms with van der Waals surface area (Å²) in [5, 5.41) is 3.34. The van der Waals surface area contributed by atoms with Crippen molar-refractivity contribution in [2.75, 3.05) is 59.3 Å². The molecule has 0 bridgehead atoms. The molecular formula is C27H34F2N4O8S. The van der Waals surface area contributed by atoms with E-state index >= 15 is 0 Å².